The minimum atomic E-state index is 0.585. The average molecular weight is 259 g/mol. The molecule has 0 aliphatic carbocycles. The molecule has 0 saturated heterocycles. The summed E-state index contributed by atoms with van der Waals surface area (Å²) < 4.78 is 7.43. The van der Waals surface area contributed by atoms with Gasteiger partial charge in [-0.2, -0.15) is 5.10 Å². The van der Waals surface area contributed by atoms with Crippen LogP contribution in [0.3, 0.4) is 0 Å². The molecule has 5 nitrogen and oxygen atoms in total. The van der Waals surface area contributed by atoms with Gasteiger partial charge in [0.2, 0.25) is 0 Å². The van der Waals surface area contributed by atoms with Crippen molar-refractivity contribution in [3.05, 3.63) is 47.8 Å². The van der Waals surface area contributed by atoms with Crippen molar-refractivity contribution in [1.82, 2.24) is 9.78 Å². The molecule has 5 heteroatoms. The summed E-state index contributed by atoms with van der Waals surface area (Å²) in [6.45, 7) is 2.36. The van der Waals surface area contributed by atoms with E-state index in [2.05, 4.69) is 10.3 Å². The molecule has 0 unspecified atom stereocenters. The van der Waals surface area contributed by atoms with Crippen LogP contribution >= 0.6 is 0 Å². The minimum absolute atomic E-state index is 0.585. The molecular formula is C14H17N3O2. The molecule has 0 atom stereocenters. The first kappa shape index (κ1) is 13.1. The lowest BCUT2D eigenvalue weighted by molar-refractivity contribution is 0.318. The van der Waals surface area contributed by atoms with E-state index in [1.165, 1.54) is 0 Å². The molecule has 0 radical (unpaired) electrons. The summed E-state index contributed by atoms with van der Waals surface area (Å²) in [7, 11) is 1.90. The van der Waals surface area contributed by atoms with Crippen molar-refractivity contribution in [1.29, 1.82) is 0 Å². The van der Waals surface area contributed by atoms with Crippen LogP contribution < -0.4 is 4.74 Å². The topological polar surface area (TPSA) is 59.6 Å². The van der Waals surface area contributed by atoms with Crippen LogP contribution in [-0.2, 0) is 13.5 Å². The molecule has 0 saturated carbocycles. The quantitative estimate of drug-likeness (QED) is 0.509. The molecule has 1 N–H and O–H groups in total. The first-order valence-corrected chi connectivity index (χ1v) is 6.08. The fourth-order valence-electron chi connectivity index (χ4n) is 1.74. The predicted molar refractivity (Wildman–Crippen MR) is 72.8 cm³/mol. The molecule has 100 valence electrons. The van der Waals surface area contributed by atoms with Crippen molar-refractivity contribution in [2.45, 2.75) is 13.3 Å². The summed E-state index contributed by atoms with van der Waals surface area (Å²) in [6.07, 6.45) is 4.65. The maximum absolute atomic E-state index is 8.68. The van der Waals surface area contributed by atoms with E-state index in [4.69, 9.17) is 9.94 Å². The van der Waals surface area contributed by atoms with Crippen LogP contribution in [0, 0.1) is 0 Å². The zero-order valence-corrected chi connectivity index (χ0v) is 11.1. The Bertz CT molecular complexity index is 558. The van der Waals surface area contributed by atoms with Crippen molar-refractivity contribution in [3.8, 4) is 5.75 Å². The molecule has 0 fully saturated rings. The Morgan fingerprint density at radius 3 is 2.68 bits per heavy atom. The third-order valence-electron chi connectivity index (χ3n) is 2.84. The lowest BCUT2D eigenvalue weighted by Gasteiger charge is -2.06. The SMILES string of the molecule is C/C(=N/O)c1ccc(OCCc2cnn(C)c2)cc1. The van der Waals surface area contributed by atoms with E-state index in [1.54, 1.807) is 11.6 Å². The molecule has 2 rings (SSSR count). The Balaban J connectivity index is 1.86. The van der Waals surface area contributed by atoms with Crippen LogP contribution in [0.5, 0.6) is 5.75 Å². The number of rotatable bonds is 5. The van der Waals surface area contributed by atoms with Gasteiger partial charge in [-0.1, -0.05) is 5.16 Å². The Kier molecular flexibility index (Phi) is 4.18. The lowest BCUT2D eigenvalue weighted by atomic mass is 10.1. The second kappa shape index (κ2) is 6.04. The molecule has 0 aliphatic rings. The van der Waals surface area contributed by atoms with E-state index < -0.39 is 0 Å². The second-order valence-electron chi connectivity index (χ2n) is 4.33. The first-order valence-electron chi connectivity index (χ1n) is 6.08. The third kappa shape index (κ3) is 3.58. The van der Waals surface area contributed by atoms with E-state index >= 15 is 0 Å². The van der Waals surface area contributed by atoms with Crippen LogP contribution in [0.2, 0.25) is 0 Å². The third-order valence-corrected chi connectivity index (χ3v) is 2.84. The van der Waals surface area contributed by atoms with Crippen LogP contribution in [0.15, 0.2) is 41.8 Å². The fraction of sp³-hybridized carbons (Fsp3) is 0.286. The summed E-state index contributed by atoms with van der Waals surface area (Å²) >= 11 is 0. The largest absolute Gasteiger partial charge is 0.493 e. The van der Waals surface area contributed by atoms with Crippen molar-refractivity contribution in [2.24, 2.45) is 12.2 Å². The van der Waals surface area contributed by atoms with Gasteiger partial charge in [0, 0.05) is 19.7 Å². The summed E-state index contributed by atoms with van der Waals surface area (Å²) in [5.74, 6) is 0.804. The van der Waals surface area contributed by atoms with Crippen molar-refractivity contribution in [3.63, 3.8) is 0 Å². The predicted octanol–water partition coefficient (Wildman–Crippen LogP) is 2.24. The highest BCUT2D eigenvalue weighted by atomic mass is 16.5. The number of aryl methyl sites for hydroxylation is 1. The van der Waals surface area contributed by atoms with Gasteiger partial charge >= 0.3 is 0 Å². The zero-order valence-electron chi connectivity index (χ0n) is 11.1. The molecule has 0 aliphatic heterocycles. The first-order chi connectivity index (χ1) is 9.19. The normalized spacial score (nSPS) is 11.6. The number of aromatic nitrogens is 2. The van der Waals surface area contributed by atoms with Gasteiger partial charge in [0.25, 0.3) is 0 Å². The molecule has 0 spiro atoms. The smallest absolute Gasteiger partial charge is 0.119 e. The molecule has 19 heavy (non-hydrogen) atoms. The lowest BCUT2D eigenvalue weighted by Crippen LogP contribution is -2.01. The van der Waals surface area contributed by atoms with E-state index in [0.29, 0.717) is 12.3 Å². The van der Waals surface area contributed by atoms with Gasteiger partial charge in [0.1, 0.15) is 5.75 Å². The highest BCUT2D eigenvalue weighted by Crippen LogP contribution is 2.13. The molecule has 1 aromatic heterocycles. The highest BCUT2D eigenvalue weighted by Gasteiger charge is 2.00. The van der Waals surface area contributed by atoms with Crippen LogP contribution in [0.4, 0.5) is 0 Å². The summed E-state index contributed by atoms with van der Waals surface area (Å²) in [5.41, 5.74) is 2.62. The number of nitrogens with zero attached hydrogens (tertiary/aromatic N) is 3. The Labute approximate surface area is 112 Å². The number of oxime groups is 1. The highest BCUT2D eigenvalue weighted by molar-refractivity contribution is 5.98. The van der Waals surface area contributed by atoms with E-state index in [-0.39, 0.29) is 0 Å². The van der Waals surface area contributed by atoms with Gasteiger partial charge in [0.15, 0.2) is 0 Å². The van der Waals surface area contributed by atoms with Gasteiger partial charge in [0.05, 0.1) is 18.5 Å². The minimum Gasteiger partial charge on any atom is -0.493 e. The van der Waals surface area contributed by atoms with Gasteiger partial charge < -0.3 is 9.94 Å². The standard InChI is InChI=1S/C14H17N3O2/c1-11(16-18)13-3-5-14(6-4-13)19-8-7-12-9-15-17(2)10-12/h3-6,9-10,18H,7-8H2,1-2H3/b16-11-. The van der Waals surface area contributed by atoms with Gasteiger partial charge in [-0.15, -0.1) is 0 Å². The number of hydrogen-bond acceptors (Lipinski definition) is 4. The van der Waals surface area contributed by atoms with Crippen LogP contribution in [-0.4, -0.2) is 27.3 Å². The van der Waals surface area contributed by atoms with E-state index in [0.717, 1.165) is 23.3 Å². The van der Waals surface area contributed by atoms with Gasteiger partial charge in [-0.25, -0.2) is 0 Å². The molecular weight excluding hydrogens is 242 g/mol. The Morgan fingerprint density at radius 2 is 2.11 bits per heavy atom. The number of ether oxygens (including phenoxy) is 1. The van der Waals surface area contributed by atoms with Gasteiger partial charge in [-0.3, -0.25) is 4.68 Å². The molecule has 0 bridgehead atoms. The molecule has 2 aromatic rings. The Morgan fingerprint density at radius 1 is 1.37 bits per heavy atom. The fourth-order valence-corrected chi connectivity index (χ4v) is 1.74. The second-order valence-corrected chi connectivity index (χ2v) is 4.33. The monoisotopic (exact) mass is 259 g/mol. The van der Waals surface area contributed by atoms with E-state index in [1.807, 2.05) is 43.7 Å². The van der Waals surface area contributed by atoms with Crippen molar-refractivity contribution >= 4 is 5.71 Å². The van der Waals surface area contributed by atoms with Crippen LogP contribution in [0.25, 0.3) is 0 Å². The van der Waals surface area contributed by atoms with Crippen molar-refractivity contribution < 1.29 is 9.94 Å². The summed E-state index contributed by atoms with van der Waals surface area (Å²) in [4.78, 5) is 0. The molecule has 1 aromatic carbocycles. The van der Waals surface area contributed by atoms with Gasteiger partial charge in [-0.05, 0) is 42.3 Å². The maximum atomic E-state index is 8.68. The zero-order chi connectivity index (χ0) is 13.7. The van der Waals surface area contributed by atoms with Crippen LogP contribution in [0.1, 0.15) is 18.1 Å². The van der Waals surface area contributed by atoms with E-state index in [9.17, 15) is 0 Å². The van der Waals surface area contributed by atoms with Crippen molar-refractivity contribution in [2.75, 3.05) is 6.61 Å². The number of benzene rings is 1. The Hall–Kier alpha value is -2.30. The number of hydrogen-bond donors (Lipinski definition) is 1. The average Bonchev–Trinajstić information content (AvgIpc) is 2.84. The molecule has 1 heterocycles. The summed E-state index contributed by atoms with van der Waals surface area (Å²) in [6, 6.07) is 7.48. The summed E-state index contributed by atoms with van der Waals surface area (Å²) in [5, 5.41) is 15.9. The molecule has 0 amide bonds. The maximum Gasteiger partial charge on any atom is 0.119 e.